The second-order valence-corrected chi connectivity index (χ2v) is 7.05. The predicted octanol–water partition coefficient (Wildman–Crippen LogP) is 3.53. The SMILES string of the molecule is C=C/C=C(\N=C(C)C(=O)N[C@@H]1C[C@@H]2CC[C@H]1N2C#N)c1cccc(Cl)c1. The van der Waals surface area contributed by atoms with Gasteiger partial charge in [0.15, 0.2) is 6.19 Å². The molecule has 26 heavy (non-hydrogen) atoms. The maximum Gasteiger partial charge on any atom is 0.265 e. The topological polar surface area (TPSA) is 68.5 Å². The quantitative estimate of drug-likeness (QED) is 0.491. The lowest BCUT2D eigenvalue weighted by atomic mass is 9.95. The minimum atomic E-state index is -0.211. The Kier molecular flexibility index (Phi) is 5.43. The lowest BCUT2D eigenvalue weighted by molar-refractivity contribution is -0.115. The van der Waals surface area contributed by atoms with Crippen LogP contribution in [0.2, 0.25) is 5.02 Å². The van der Waals surface area contributed by atoms with Crippen LogP contribution in [0.4, 0.5) is 0 Å². The van der Waals surface area contributed by atoms with Crippen LogP contribution in [0.3, 0.4) is 0 Å². The van der Waals surface area contributed by atoms with Crippen LogP contribution in [0.1, 0.15) is 31.7 Å². The standard InChI is InChI=1S/C20H21ClN4O/c1-3-5-17(14-6-4-7-15(21)10-14)23-13(2)20(26)24-18-11-16-8-9-19(18)25(16)12-22/h3-7,10,16,18-19H,1,8-9,11H2,2H3,(H,24,26)/b17-5-,23-13?/t16-,18+,19+/m0/s1. The van der Waals surface area contributed by atoms with E-state index < -0.39 is 0 Å². The lowest BCUT2D eigenvalue weighted by Crippen LogP contribution is -2.45. The Balaban J connectivity index is 1.74. The summed E-state index contributed by atoms with van der Waals surface area (Å²) in [7, 11) is 0. The molecule has 2 fully saturated rings. The van der Waals surface area contributed by atoms with Crippen molar-refractivity contribution < 1.29 is 4.79 Å². The van der Waals surface area contributed by atoms with Gasteiger partial charge in [-0.05, 0) is 44.4 Å². The highest BCUT2D eigenvalue weighted by molar-refractivity contribution is 6.38. The molecule has 0 unspecified atom stereocenters. The first-order chi connectivity index (χ1) is 12.5. The first-order valence-corrected chi connectivity index (χ1v) is 9.04. The van der Waals surface area contributed by atoms with Crippen molar-refractivity contribution in [3.05, 3.63) is 53.6 Å². The van der Waals surface area contributed by atoms with E-state index >= 15 is 0 Å². The van der Waals surface area contributed by atoms with E-state index in [9.17, 15) is 10.1 Å². The summed E-state index contributed by atoms with van der Waals surface area (Å²) in [6, 6.07) is 7.68. The average molecular weight is 369 g/mol. The number of carbonyl (C=O) groups is 1. The number of nitrogens with one attached hydrogen (secondary N) is 1. The van der Waals surface area contributed by atoms with Crippen LogP contribution < -0.4 is 5.32 Å². The molecule has 0 aromatic heterocycles. The maximum absolute atomic E-state index is 12.6. The van der Waals surface area contributed by atoms with E-state index in [4.69, 9.17) is 11.6 Å². The number of hydrogen-bond donors (Lipinski definition) is 1. The molecule has 0 saturated carbocycles. The summed E-state index contributed by atoms with van der Waals surface area (Å²) in [5.41, 5.74) is 1.81. The van der Waals surface area contributed by atoms with Crippen LogP contribution in [0.25, 0.3) is 5.70 Å². The molecule has 1 amide bonds. The van der Waals surface area contributed by atoms with Gasteiger partial charge in [0.2, 0.25) is 0 Å². The number of fused-ring (bicyclic) bond motifs is 2. The van der Waals surface area contributed by atoms with Crippen molar-refractivity contribution in [2.75, 3.05) is 0 Å². The number of aliphatic imine (C=N–C) groups is 1. The fourth-order valence-electron chi connectivity index (χ4n) is 3.76. The fraction of sp³-hybridized carbons (Fsp3) is 0.350. The van der Waals surface area contributed by atoms with Gasteiger partial charge in [-0.25, -0.2) is 4.99 Å². The van der Waals surface area contributed by atoms with E-state index in [1.807, 2.05) is 17.0 Å². The number of nitriles is 1. The van der Waals surface area contributed by atoms with Crippen LogP contribution in [0.15, 0.2) is 48.0 Å². The molecular weight excluding hydrogens is 348 g/mol. The van der Waals surface area contributed by atoms with Crippen LogP contribution in [0.5, 0.6) is 0 Å². The monoisotopic (exact) mass is 368 g/mol. The Morgan fingerprint density at radius 3 is 2.96 bits per heavy atom. The van der Waals surface area contributed by atoms with Crippen LogP contribution >= 0.6 is 11.6 Å². The maximum atomic E-state index is 12.6. The summed E-state index contributed by atoms with van der Waals surface area (Å²) in [6.07, 6.45) is 8.43. The molecule has 0 spiro atoms. The second kappa shape index (κ2) is 7.76. The Labute approximate surface area is 158 Å². The summed E-state index contributed by atoms with van der Waals surface area (Å²) < 4.78 is 0. The fourth-order valence-corrected chi connectivity index (χ4v) is 3.95. The molecule has 5 nitrogen and oxygen atoms in total. The van der Waals surface area contributed by atoms with Crippen molar-refractivity contribution in [3.8, 4) is 6.19 Å². The highest BCUT2D eigenvalue weighted by atomic mass is 35.5. The first kappa shape index (κ1) is 18.2. The van der Waals surface area contributed by atoms with Gasteiger partial charge in [-0.3, -0.25) is 4.79 Å². The zero-order valence-electron chi connectivity index (χ0n) is 14.7. The van der Waals surface area contributed by atoms with Crippen LogP contribution in [-0.2, 0) is 4.79 Å². The van der Waals surface area contributed by atoms with E-state index in [-0.39, 0.29) is 24.0 Å². The van der Waals surface area contributed by atoms with Gasteiger partial charge in [0.05, 0.1) is 17.8 Å². The minimum absolute atomic E-state index is 0.00375. The molecule has 2 saturated heterocycles. The van der Waals surface area contributed by atoms with Gasteiger partial charge < -0.3 is 10.2 Å². The Bertz CT molecular complexity index is 823. The van der Waals surface area contributed by atoms with Gasteiger partial charge in [0.1, 0.15) is 5.71 Å². The molecule has 1 aromatic rings. The number of rotatable bonds is 5. The molecule has 0 aliphatic carbocycles. The first-order valence-electron chi connectivity index (χ1n) is 8.66. The van der Waals surface area contributed by atoms with E-state index in [2.05, 4.69) is 23.1 Å². The Morgan fingerprint density at radius 2 is 2.31 bits per heavy atom. The van der Waals surface area contributed by atoms with Gasteiger partial charge in [0.25, 0.3) is 5.91 Å². The highest BCUT2D eigenvalue weighted by Crippen LogP contribution is 2.36. The normalized spacial score (nSPS) is 25.1. The van der Waals surface area contributed by atoms with E-state index in [1.54, 1.807) is 31.2 Å². The average Bonchev–Trinajstić information content (AvgIpc) is 3.17. The zero-order valence-corrected chi connectivity index (χ0v) is 15.4. The molecule has 2 aliphatic rings. The molecule has 3 rings (SSSR count). The molecule has 2 heterocycles. The van der Waals surface area contributed by atoms with Gasteiger partial charge in [0, 0.05) is 16.6 Å². The Morgan fingerprint density at radius 1 is 1.50 bits per heavy atom. The van der Waals surface area contributed by atoms with Crippen LogP contribution in [-0.4, -0.2) is 34.6 Å². The Hall–Kier alpha value is -2.58. The smallest absolute Gasteiger partial charge is 0.265 e. The predicted molar refractivity (Wildman–Crippen MR) is 104 cm³/mol. The van der Waals surface area contributed by atoms with Crippen molar-refractivity contribution in [1.82, 2.24) is 10.2 Å². The third-order valence-electron chi connectivity index (χ3n) is 4.98. The summed E-state index contributed by atoms with van der Waals surface area (Å²) >= 11 is 6.05. The van der Waals surface area contributed by atoms with Crippen molar-refractivity contribution >= 4 is 28.9 Å². The summed E-state index contributed by atoms with van der Waals surface area (Å²) in [6.45, 7) is 5.40. The third kappa shape index (κ3) is 3.66. The van der Waals surface area contributed by atoms with E-state index in [1.165, 1.54) is 0 Å². The third-order valence-corrected chi connectivity index (χ3v) is 5.22. The zero-order chi connectivity index (χ0) is 18.7. The van der Waals surface area contributed by atoms with Crippen molar-refractivity contribution in [3.63, 3.8) is 0 Å². The molecule has 1 aromatic carbocycles. The van der Waals surface area contributed by atoms with E-state index in [0.29, 0.717) is 16.4 Å². The number of benzene rings is 1. The number of allylic oxidation sites excluding steroid dienone is 2. The molecule has 1 N–H and O–H groups in total. The van der Waals surface area contributed by atoms with Crippen molar-refractivity contribution in [2.45, 2.75) is 44.3 Å². The van der Waals surface area contributed by atoms with Gasteiger partial charge in [-0.15, -0.1) is 0 Å². The number of nitrogens with zero attached hydrogens (tertiary/aromatic N) is 3. The number of hydrogen-bond acceptors (Lipinski definition) is 4. The molecule has 134 valence electrons. The van der Waals surface area contributed by atoms with Gasteiger partial charge in [-0.1, -0.05) is 36.4 Å². The van der Waals surface area contributed by atoms with Crippen molar-refractivity contribution in [1.29, 1.82) is 5.26 Å². The van der Waals surface area contributed by atoms with Crippen LogP contribution in [0, 0.1) is 11.5 Å². The molecule has 6 heteroatoms. The summed E-state index contributed by atoms with van der Waals surface area (Å²) in [5, 5.41) is 12.9. The summed E-state index contributed by atoms with van der Waals surface area (Å²) in [5.74, 6) is -0.211. The van der Waals surface area contributed by atoms with Gasteiger partial charge in [-0.2, -0.15) is 5.26 Å². The lowest BCUT2D eigenvalue weighted by Gasteiger charge is -2.21. The molecule has 0 radical (unpaired) electrons. The second-order valence-electron chi connectivity index (χ2n) is 6.62. The largest absolute Gasteiger partial charge is 0.346 e. The number of amides is 1. The molecular formula is C20H21ClN4O. The van der Waals surface area contributed by atoms with Crippen molar-refractivity contribution in [2.24, 2.45) is 4.99 Å². The number of halogens is 1. The number of carbonyl (C=O) groups excluding carboxylic acids is 1. The molecule has 2 aliphatic heterocycles. The van der Waals surface area contributed by atoms with Gasteiger partial charge >= 0.3 is 0 Å². The minimum Gasteiger partial charge on any atom is -0.346 e. The highest BCUT2D eigenvalue weighted by Gasteiger charge is 2.46. The molecule has 2 bridgehead atoms. The van der Waals surface area contributed by atoms with E-state index in [0.717, 1.165) is 24.8 Å². The summed E-state index contributed by atoms with van der Waals surface area (Å²) in [4.78, 5) is 18.9. The molecule has 3 atom stereocenters.